The van der Waals surface area contributed by atoms with E-state index in [0.29, 0.717) is 5.02 Å². The van der Waals surface area contributed by atoms with Crippen molar-refractivity contribution in [2.45, 2.75) is 6.92 Å². The van der Waals surface area contributed by atoms with E-state index in [2.05, 4.69) is 0 Å². The molecule has 18 heavy (non-hydrogen) atoms. The van der Waals surface area contributed by atoms with Crippen LogP contribution in [-0.4, -0.2) is 11.0 Å². The van der Waals surface area contributed by atoms with Crippen molar-refractivity contribution in [1.82, 2.24) is 0 Å². The van der Waals surface area contributed by atoms with E-state index in [1.807, 2.05) is 13.0 Å². The van der Waals surface area contributed by atoms with Gasteiger partial charge >= 0.3 is 0 Å². The number of phenols is 1. The molecule has 3 N–H and O–H groups in total. The largest absolute Gasteiger partial charge is 0.508 e. The molecule has 3 nitrogen and oxygen atoms in total. The lowest BCUT2D eigenvalue weighted by Crippen LogP contribution is -2.11. The Balaban J connectivity index is 2.57. The summed E-state index contributed by atoms with van der Waals surface area (Å²) >= 11 is 5.89. The number of primary amides is 1. The zero-order valence-electron chi connectivity index (χ0n) is 9.77. The predicted octanol–water partition coefficient (Wildman–Crippen LogP) is 3.12. The Morgan fingerprint density at radius 1 is 1.17 bits per heavy atom. The highest BCUT2D eigenvalue weighted by molar-refractivity contribution is 6.33. The Morgan fingerprint density at radius 3 is 2.50 bits per heavy atom. The molecule has 2 aromatic rings. The summed E-state index contributed by atoms with van der Waals surface area (Å²) in [6, 6.07) is 10.2. The molecule has 1 amide bonds. The summed E-state index contributed by atoms with van der Waals surface area (Å²) in [5, 5.41) is 9.89. The smallest absolute Gasteiger partial charge is 0.250 e. The Labute approximate surface area is 110 Å². The van der Waals surface area contributed by atoms with Gasteiger partial charge in [-0.05, 0) is 47.9 Å². The van der Waals surface area contributed by atoms with Crippen LogP contribution < -0.4 is 5.73 Å². The molecule has 0 fully saturated rings. The summed E-state index contributed by atoms with van der Waals surface area (Å²) in [5.74, 6) is -0.390. The SMILES string of the molecule is Cc1cc(O)cc(-c2ccc(Cl)c(C(N)=O)c2)c1. The van der Waals surface area contributed by atoms with E-state index in [4.69, 9.17) is 17.3 Å². The molecule has 0 saturated carbocycles. The third kappa shape index (κ3) is 2.46. The number of hydrogen-bond acceptors (Lipinski definition) is 2. The van der Waals surface area contributed by atoms with Crippen LogP contribution in [0.5, 0.6) is 5.75 Å². The highest BCUT2D eigenvalue weighted by Gasteiger charge is 2.09. The van der Waals surface area contributed by atoms with Crippen molar-refractivity contribution < 1.29 is 9.90 Å². The number of hydrogen-bond donors (Lipinski definition) is 2. The molecule has 0 aliphatic carbocycles. The highest BCUT2D eigenvalue weighted by Crippen LogP contribution is 2.28. The molecule has 2 aromatic carbocycles. The fourth-order valence-corrected chi connectivity index (χ4v) is 2.03. The second-order valence-corrected chi connectivity index (χ2v) is 4.52. The van der Waals surface area contributed by atoms with Crippen LogP contribution in [0.2, 0.25) is 5.02 Å². The van der Waals surface area contributed by atoms with E-state index in [1.165, 1.54) is 0 Å². The summed E-state index contributed by atoms with van der Waals surface area (Å²) < 4.78 is 0. The van der Waals surface area contributed by atoms with Crippen molar-refractivity contribution in [3.05, 3.63) is 52.5 Å². The molecule has 0 radical (unpaired) electrons. The molecule has 0 unspecified atom stereocenters. The molecule has 2 rings (SSSR count). The summed E-state index contributed by atoms with van der Waals surface area (Å²) in [6.45, 7) is 1.88. The number of phenolic OH excluding ortho intramolecular Hbond substituents is 1. The minimum Gasteiger partial charge on any atom is -0.508 e. The quantitative estimate of drug-likeness (QED) is 0.872. The molecule has 0 spiro atoms. The third-order valence-electron chi connectivity index (χ3n) is 2.63. The van der Waals surface area contributed by atoms with Gasteiger partial charge in [-0.25, -0.2) is 0 Å². The number of carbonyl (C=O) groups is 1. The molecule has 0 bridgehead atoms. The molecule has 0 aliphatic rings. The second-order valence-electron chi connectivity index (χ2n) is 4.12. The van der Waals surface area contributed by atoms with Gasteiger partial charge in [0.05, 0.1) is 10.6 Å². The van der Waals surface area contributed by atoms with Gasteiger partial charge in [-0.2, -0.15) is 0 Å². The van der Waals surface area contributed by atoms with Crippen molar-refractivity contribution in [1.29, 1.82) is 0 Å². The molecular formula is C14H12ClNO2. The summed E-state index contributed by atoms with van der Waals surface area (Å²) in [4.78, 5) is 11.2. The van der Waals surface area contributed by atoms with Gasteiger partial charge in [0.2, 0.25) is 5.91 Å². The lowest BCUT2D eigenvalue weighted by molar-refractivity contribution is 0.100. The zero-order chi connectivity index (χ0) is 13.3. The van der Waals surface area contributed by atoms with Crippen molar-refractivity contribution in [2.24, 2.45) is 5.73 Å². The number of aromatic hydroxyl groups is 1. The fraction of sp³-hybridized carbons (Fsp3) is 0.0714. The van der Waals surface area contributed by atoms with Gasteiger partial charge in [-0.3, -0.25) is 4.79 Å². The summed E-state index contributed by atoms with van der Waals surface area (Å²) in [5.41, 5.74) is 8.05. The number of amides is 1. The minimum atomic E-state index is -0.571. The topological polar surface area (TPSA) is 63.3 Å². The summed E-state index contributed by atoms with van der Waals surface area (Å²) in [6.07, 6.45) is 0. The van der Waals surface area contributed by atoms with Gasteiger partial charge in [0.1, 0.15) is 5.75 Å². The molecule has 4 heteroatoms. The van der Waals surface area contributed by atoms with E-state index >= 15 is 0 Å². The van der Waals surface area contributed by atoms with Crippen LogP contribution >= 0.6 is 11.6 Å². The number of carbonyl (C=O) groups excluding carboxylic acids is 1. The van der Waals surface area contributed by atoms with E-state index in [9.17, 15) is 9.90 Å². The number of benzene rings is 2. The van der Waals surface area contributed by atoms with Gasteiger partial charge in [0.25, 0.3) is 0 Å². The maximum absolute atomic E-state index is 11.2. The Morgan fingerprint density at radius 2 is 1.89 bits per heavy atom. The van der Waals surface area contributed by atoms with Crippen LogP contribution in [0.4, 0.5) is 0 Å². The molecule has 0 saturated heterocycles. The zero-order valence-corrected chi connectivity index (χ0v) is 10.5. The first kappa shape index (κ1) is 12.5. The molecule has 0 aliphatic heterocycles. The number of halogens is 1. The molecule has 92 valence electrons. The standard InChI is InChI=1S/C14H12ClNO2/c1-8-4-10(6-11(17)5-8)9-2-3-13(15)12(7-9)14(16)18/h2-7,17H,1H3,(H2,16,18). The minimum absolute atomic E-state index is 0.181. The van der Waals surface area contributed by atoms with E-state index in [1.54, 1.807) is 30.3 Å². The lowest BCUT2D eigenvalue weighted by Gasteiger charge is -2.07. The highest BCUT2D eigenvalue weighted by atomic mass is 35.5. The van der Waals surface area contributed by atoms with Crippen LogP contribution in [0.3, 0.4) is 0 Å². The van der Waals surface area contributed by atoms with Gasteiger partial charge in [0.15, 0.2) is 0 Å². The first-order valence-electron chi connectivity index (χ1n) is 5.38. The second kappa shape index (κ2) is 4.70. The van der Waals surface area contributed by atoms with Crippen molar-refractivity contribution in [3.8, 4) is 16.9 Å². The summed E-state index contributed by atoms with van der Waals surface area (Å²) in [7, 11) is 0. The maximum atomic E-state index is 11.2. The fourth-order valence-electron chi connectivity index (χ4n) is 1.82. The Hall–Kier alpha value is -2.00. The van der Waals surface area contributed by atoms with Gasteiger partial charge in [-0.1, -0.05) is 23.7 Å². The van der Waals surface area contributed by atoms with Gasteiger partial charge in [-0.15, -0.1) is 0 Å². The van der Waals surface area contributed by atoms with Gasteiger partial charge in [0, 0.05) is 0 Å². The number of rotatable bonds is 2. The Bertz CT molecular complexity index is 603. The first-order valence-corrected chi connectivity index (χ1v) is 5.75. The van der Waals surface area contributed by atoms with Crippen molar-refractivity contribution >= 4 is 17.5 Å². The van der Waals surface area contributed by atoms with Crippen molar-refractivity contribution in [3.63, 3.8) is 0 Å². The average molecular weight is 262 g/mol. The monoisotopic (exact) mass is 261 g/mol. The van der Waals surface area contributed by atoms with E-state index < -0.39 is 5.91 Å². The lowest BCUT2D eigenvalue weighted by atomic mass is 10.0. The normalized spacial score (nSPS) is 10.3. The third-order valence-corrected chi connectivity index (χ3v) is 2.96. The van der Waals surface area contributed by atoms with Crippen LogP contribution in [0.15, 0.2) is 36.4 Å². The molecule has 0 aromatic heterocycles. The molecule has 0 atom stereocenters. The maximum Gasteiger partial charge on any atom is 0.250 e. The van der Waals surface area contributed by atoms with Crippen LogP contribution in [0.1, 0.15) is 15.9 Å². The van der Waals surface area contributed by atoms with Crippen LogP contribution in [0, 0.1) is 6.92 Å². The molecule has 0 heterocycles. The number of aryl methyl sites for hydroxylation is 1. The van der Waals surface area contributed by atoms with Crippen LogP contribution in [-0.2, 0) is 0 Å². The first-order chi connectivity index (χ1) is 8.47. The Kier molecular flexibility index (Phi) is 3.26. The van der Waals surface area contributed by atoms with Crippen LogP contribution in [0.25, 0.3) is 11.1 Å². The van der Waals surface area contributed by atoms with Gasteiger partial charge < -0.3 is 10.8 Å². The predicted molar refractivity (Wildman–Crippen MR) is 71.8 cm³/mol. The van der Waals surface area contributed by atoms with E-state index in [0.717, 1.165) is 16.7 Å². The van der Waals surface area contributed by atoms with E-state index in [-0.39, 0.29) is 11.3 Å². The van der Waals surface area contributed by atoms with Crippen molar-refractivity contribution in [2.75, 3.05) is 0 Å². The average Bonchev–Trinajstić information content (AvgIpc) is 2.27. The molecular weight excluding hydrogens is 250 g/mol. The number of nitrogens with two attached hydrogens (primary N) is 1.